The lowest BCUT2D eigenvalue weighted by molar-refractivity contribution is -0.120. The Kier molecular flexibility index (Phi) is 7.51. The zero-order chi connectivity index (χ0) is 25.9. The summed E-state index contributed by atoms with van der Waals surface area (Å²) in [4.78, 5) is 27.6. The highest BCUT2D eigenvalue weighted by molar-refractivity contribution is 9.10. The predicted molar refractivity (Wildman–Crippen MR) is 138 cm³/mol. The fraction of sp³-hybridized carbons (Fsp3) is 0.200. The van der Waals surface area contributed by atoms with E-state index >= 15 is 0 Å². The number of amides is 3. The average Bonchev–Trinajstić information content (AvgIpc) is 3.32. The molecule has 0 bridgehead atoms. The third-order valence-corrected chi connectivity index (χ3v) is 7.66. The van der Waals surface area contributed by atoms with Crippen molar-refractivity contribution in [3.63, 3.8) is 0 Å². The second-order valence-corrected chi connectivity index (χ2v) is 10.7. The summed E-state index contributed by atoms with van der Waals surface area (Å²) in [5.74, 6) is 0.636. The maximum atomic E-state index is 13.5. The zero-order valence-corrected chi connectivity index (χ0v) is 21.9. The van der Waals surface area contributed by atoms with Gasteiger partial charge in [-0.25, -0.2) is 17.9 Å². The van der Waals surface area contributed by atoms with E-state index in [-0.39, 0.29) is 18.1 Å². The van der Waals surface area contributed by atoms with Crippen molar-refractivity contribution in [2.75, 3.05) is 18.7 Å². The molecule has 11 heteroatoms. The van der Waals surface area contributed by atoms with E-state index < -0.39 is 28.0 Å². The minimum Gasteiger partial charge on any atom is -0.454 e. The van der Waals surface area contributed by atoms with Gasteiger partial charge in [0.2, 0.25) is 12.7 Å². The molecule has 36 heavy (non-hydrogen) atoms. The number of halogens is 1. The summed E-state index contributed by atoms with van der Waals surface area (Å²) in [7, 11) is -2.58. The number of nitrogens with one attached hydrogen (secondary N) is 2. The SMILES string of the molecule is Cc1ccccc1S(=O)(=O)NC(=O)N[C@@H](Cc1ccc(Br)cc1)C(=O)N(C)c1ccc2c(c1)OCO2. The maximum Gasteiger partial charge on any atom is 0.329 e. The van der Waals surface area contributed by atoms with Crippen molar-refractivity contribution >= 4 is 43.6 Å². The highest BCUT2D eigenvalue weighted by atomic mass is 79.9. The van der Waals surface area contributed by atoms with Crippen molar-refractivity contribution in [3.8, 4) is 11.5 Å². The smallest absolute Gasteiger partial charge is 0.329 e. The number of hydrogen-bond acceptors (Lipinski definition) is 6. The number of likely N-dealkylation sites (N-methyl/N-ethyl adjacent to an activating group) is 1. The molecule has 1 aliphatic rings. The third kappa shape index (κ3) is 5.80. The Morgan fingerprint density at radius 3 is 2.44 bits per heavy atom. The Morgan fingerprint density at radius 2 is 1.72 bits per heavy atom. The van der Waals surface area contributed by atoms with Crippen molar-refractivity contribution in [1.29, 1.82) is 0 Å². The van der Waals surface area contributed by atoms with Gasteiger partial charge in [0.1, 0.15) is 6.04 Å². The fourth-order valence-corrected chi connectivity index (χ4v) is 5.16. The van der Waals surface area contributed by atoms with Crippen LogP contribution >= 0.6 is 15.9 Å². The molecule has 0 saturated heterocycles. The first-order valence-corrected chi connectivity index (χ1v) is 13.2. The second kappa shape index (κ2) is 10.6. The summed E-state index contributed by atoms with van der Waals surface area (Å²) in [6.45, 7) is 1.73. The van der Waals surface area contributed by atoms with E-state index in [4.69, 9.17) is 9.47 Å². The number of nitrogens with zero attached hydrogens (tertiary/aromatic N) is 1. The molecule has 0 radical (unpaired) electrons. The molecule has 1 aliphatic heterocycles. The van der Waals surface area contributed by atoms with Crippen LogP contribution in [0, 0.1) is 6.92 Å². The van der Waals surface area contributed by atoms with Gasteiger partial charge in [-0.05, 0) is 48.4 Å². The van der Waals surface area contributed by atoms with Crippen LogP contribution in [0.25, 0.3) is 0 Å². The minimum atomic E-state index is -4.14. The number of anilines is 1. The second-order valence-electron chi connectivity index (χ2n) is 8.16. The number of fused-ring (bicyclic) bond motifs is 1. The standard InChI is InChI=1S/C25H24BrN3O6S/c1-16-5-3-4-6-23(16)36(32,33)28-25(31)27-20(13-17-7-9-18(26)10-8-17)24(30)29(2)19-11-12-21-22(14-19)35-15-34-21/h3-12,14,20H,13,15H2,1-2H3,(H2,27,28,31)/t20-/m0/s1. The van der Waals surface area contributed by atoms with Crippen LogP contribution in [0.1, 0.15) is 11.1 Å². The number of rotatable bonds is 7. The summed E-state index contributed by atoms with van der Waals surface area (Å²) in [6, 6.07) is 16.6. The number of benzene rings is 3. The maximum absolute atomic E-state index is 13.5. The van der Waals surface area contributed by atoms with Gasteiger partial charge in [-0.2, -0.15) is 0 Å². The molecule has 0 aromatic heterocycles. The van der Waals surface area contributed by atoms with Crippen molar-refractivity contribution in [2.45, 2.75) is 24.3 Å². The summed E-state index contributed by atoms with van der Waals surface area (Å²) < 4.78 is 39.1. The van der Waals surface area contributed by atoms with Gasteiger partial charge in [0.25, 0.3) is 10.0 Å². The molecule has 0 unspecified atom stereocenters. The van der Waals surface area contributed by atoms with Crippen LogP contribution < -0.4 is 24.4 Å². The molecule has 0 spiro atoms. The van der Waals surface area contributed by atoms with E-state index in [1.807, 2.05) is 29.0 Å². The van der Waals surface area contributed by atoms with E-state index in [0.29, 0.717) is 22.7 Å². The molecule has 4 rings (SSSR count). The van der Waals surface area contributed by atoms with Crippen molar-refractivity contribution < 1.29 is 27.5 Å². The lowest BCUT2D eigenvalue weighted by atomic mass is 10.0. The topological polar surface area (TPSA) is 114 Å². The molecule has 0 saturated carbocycles. The summed E-state index contributed by atoms with van der Waals surface area (Å²) in [6.07, 6.45) is 0.138. The van der Waals surface area contributed by atoms with Gasteiger partial charge in [0.15, 0.2) is 11.5 Å². The lowest BCUT2D eigenvalue weighted by Gasteiger charge is -2.25. The average molecular weight is 574 g/mol. The summed E-state index contributed by atoms with van der Waals surface area (Å²) in [5.41, 5.74) is 1.79. The van der Waals surface area contributed by atoms with Gasteiger partial charge < -0.3 is 19.7 Å². The first-order valence-electron chi connectivity index (χ1n) is 10.9. The largest absolute Gasteiger partial charge is 0.454 e. The van der Waals surface area contributed by atoms with Crippen LogP contribution in [-0.2, 0) is 21.2 Å². The van der Waals surface area contributed by atoms with E-state index in [1.54, 1.807) is 50.4 Å². The molecule has 3 amide bonds. The number of ether oxygens (including phenoxy) is 2. The highest BCUT2D eigenvalue weighted by Gasteiger charge is 2.28. The molecule has 0 aliphatic carbocycles. The predicted octanol–water partition coefficient (Wildman–Crippen LogP) is 3.75. The lowest BCUT2D eigenvalue weighted by Crippen LogP contribution is -2.52. The van der Waals surface area contributed by atoms with Gasteiger partial charge in [-0.3, -0.25) is 4.79 Å². The molecule has 9 nitrogen and oxygen atoms in total. The fourth-order valence-electron chi connectivity index (χ4n) is 3.73. The number of sulfonamides is 1. The number of carbonyl (C=O) groups excluding carboxylic acids is 2. The van der Waals surface area contributed by atoms with Crippen molar-refractivity contribution in [3.05, 3.63) is 82.3 Å². The van der Waals surface area contributed by atoms with Crippen LogP contribution in [0.3, 0.4) is 0 Å². The van der Waals surface area contributed by atoms with Crippen LogP contribution in [0.15, 0.2) is 76.1 Å². The molecule has 1 heterocycles. The summed E-state index contributed by atoms with van der Waals surface area (Å²) >= 11 is 3.38. The van der Waals surface area contributed by atoms with Gasteiger partial charge >= 0.3 is 6.03 Å². The molecule has 3 aromatic rings. The zero-order valence-electron chi connectivity index (χ0n) is 19.5. The number of hydrogen-bond donors (Lipinski definition) is 2. The first-order chi connectivity index (χ1) is 17.1. The van der Waals surface area contributed by atoms with Crippen LogP contribution in [0.4, 0.5) is 10.5 Å². The number of aryl methyl sites for hydroxylation is 1. The molecule has 188 valence electrons. The van der Waals surface area contributed by atoms with Crippen LogP contribution in [0.5, 0.6) is 11.5 Å². The monoisotopic (exact) mass is 573 g/mol. The van der Waals surface area contributed by atoms with E-state index in [0.717, 1.165) is 10.0 Å². The normalized spacial score (nSPS) is 13.1. The Morgan fingerprint density at radius 1 is 1.03 bits per heavy atom. The Balaban J connectivity index is 1.56. The van der Waals surface area contributed by atoms with Gasteiger partial charge in [0, 0.05) is 29.7 Å². The molecule has 0 fully saturated rings. The Hall–Kier alpha value is -3.57. The third-order valence-electron chi connectivity index (χ3n) is 5.64. The molecular formula is C25H24BrN3O6S. The van der Waals surface area contributed by atoms with E-state index in [2.05, 4.69) is 21.2 Å². The first kappa shape index (κ1) is 25.5. The Labute approximate surface area is 217 Å². The van der Waals surface area contributed by atoms with Gasteiger partial charge in [-0.1, -0.05) is 46.3 Å². The Bertz CT molecular complexity index is 1400. The van der Waals surface area contributed by atoms with Gasteiger partial charge in [-0.15, -0.1) is 0 Å². The van der Waals surface area contributed by atoms with Crippen molar-refractivity contribution in [2.24, 2.45) is 0 Å². The highest BCUT2D eigenvalue weighted by Crippen LogP contribution is 2.35. The number of urea groups is 1. The summed E-state index contributed by atoms with van der Waals surface area (Å²) in [5, 5.41) is 2.54. The van der Waals surface area contributed by atoms with Crippen LogP contribution in [0.2, 0.25) is 0 Å². The molecule has 3 aromatic carbocycles. The van der Waals surface area contributed by atoms with E-state index in [9.17, 15) is 18.0 Å². The molecular weight excluding hydrogens is 550 g/mol. The number of carbonyl (C=O) groups is 2. The quantitative estimate of drug-likeness (QED) is 0.445. The van der Waals surface area contributed by atoms with Crippen LogP contribution in [-0.4, -0.2) is 40.2 Å². The molecule has 1 atom stereocenters. The van der Waals surface area contributed by atoms with E-state index in [1.165, 1.54) is 11.0 Å². The van der Waals surface area contributed by atoms with Gasteiger partial charge in [0.05, 0.1) is 4.90 Å². The minimum absolute atomic E-state index is 0.0200. The molecule has 2 N–H and O–H groups in total. The van der Waals surface area contributed by atoms with Crippen molar-refractivity contribution in [1.82, 2.24) is 10.0 Å².